The van der Waals surface area contributed by atoms with Crippen molar-refractivity contribution in [2.75, 3.05) is 11.9 Å². The van der Waals surface area contributed by atoms with Crippen molar-refractivity contribution < 1.29 is 4.79 Å². The monoisotopic (exact) mass is 285 g/mol. The largest absolute Gasteiger partial charge is 0.319 e. The van der Waals surface area contributed by atoms with Gasteiger partial charge in [-0.25, -0.2) is 4.98 Å². The van der Waals surface area contributed by atoms with Crippen LogP contribution in [0, 0.1) is 0 Å². The van der Waals surface area contributed by atoms with E-state index in [-0.39, 0.29) is 11.7 Å². The molecule has 0 radical (unpaired) electrons. The first-order chi connectivity index (χ1) is 10.3. The second-order valence-corrected chi connectivity index (χ2v) is 5.22. The summed E-state index contributed by atoms with van der Waals surface area (Å²) in [4.78, 5) is 16.3. The molecule has 1 amide bonds. The first kappa shape index (κ1) is 13.8. The highest BCUT2D eigenvalue weighted by Crippen LogP contribution is 2.19. The van der Waals surface area contributed by atoms with E-state index in [9.17, 15) is 4.79 Å². The summed E-state index contributed by atoms with van der Waals surface area (Å²) in [5.74, 6) is 0.656. The number of hydrogen-bond donors (Lipinski definition) is 3. The Hall–Kier alpha value is -2.21. The van der Waals surface area contributed by atoms with Crippen LogP contribution in [0.15, 0.2) is 18.2 Å². The minimum atomic E-state index is -0.280. The maximum Gasteiger partial charge on any atom is 0.295 e. The number of aromatic nitrogens is 3. The molecule has 1 aliphatic rings. The van der Waals surface area contributed by atoms with Gasteiger partial charge in [-0.3, -0.25) is 9.89 Å². The quantitative estimate of drug-likeness (QED) is 0.797. The molecule has 3 N–H and O–H groups in total. The van der Waals surface area contributed by atoms with Gasteiger partial charge in [0.2, 0.25) is 5.82 Å². The van der Waals surface area contributed by atoms with Gasteiger partial charge in [0.1, 0.15) is 5.82 Å². The average Bonchev–Trinajstić information content (AvgIpc) is 2.96. The molecule has 2 heterocycles. The molecule has 1 aliphatic heterocycles. The van der Waals surface area contributed by atoms with Crippen LogP contribution in [0.25, 0.3) is 0 Å². The van der Waals surface area contributed by atoms with Gasteiger partial charge in [-0.15, -0.1) is 5.10 Å². The molecule has 0 unspecified atom stereocenters. The molecule has 0 atom stereocenters. The summed E-state index contributed by atoms with van der Waals surface area (Å²) >= 11 is 0. The highest BCUT2D eigenvalue weighted by molar-refractivity contribution is 6.01. The molecule has 0 aliphatic carbocycles. The predicted octanol–water partition coefficient (Wildman–Crippen LogP) is 1.66. The lowest BCUT2D eigenvalue weighted by molar-refractivity contribution is 0.101. The fraction of sp³-hybridized carbons (Fsp3) is 0.400. The fourth-order valence-corrected chi connectivity index (χ4v) is 2.49. The molecular formula is C15H19N5O. The molecule has 0 spiro atoms. The number of fused-ring (bicyclic) bond motifs is 1. The first-order valence-corrected chi connectivity index (χ1v) is 7.31. The predicted molar refractivity (Wildman–Crippen MR) is 80.2 cm³/mol. The van der Waals surface area contributed by atoms with Crippen LogP contribution in [0.2, 0.25) is 0 Å². The molecule has 0 bridgehead atoms. The molecule has 110 valence electrons. The van der Waals surface area contributed by atoms with E-state index in [0.29, 0.717) is 0 Å². The number of amides is 1. The van der Waals surface area contributed by atoms with Gasteiger partial charge < -0.3 is 10.6 Å². The fourth-order valence-electron chi connectivity index (χ4n) is 2.49. The van der Waals surface area contributed by atoms with E-state index in [4.69, 9.17) is 0 Å². The Labute approximate surface area is 123 Å². The molecule has 6 nitrogen and oxygen atoms in total. The second-order valence-electron chi connectivity index (χ2n) is 5.22. The Morgan fingerprint density at radius 1 is 1.38 bits per heavy atom. The molecule has 3 rings (SSSR count). The third-order valence-corrected chi connectivity index (χ3v) is 3.57. The highest BCUT2D eigenvalue weighted by Gasteiger charge is 2.14. The normalized spacial score (nSPS) is 13.8. The van der Waals surface area contributed by atoms with Gasteiger partial charge in [-0.1, -0.05) is 13.0 Å². The average molecular weight is 285 g/mol. The number of rotatable bonds is 4. The topological polar surface area (TPSA) is 82.7 Å². The lowest BCUT2D eigenvalue weighted by Crippen LogP contribution is -2.24. The van der Waals surface area contributed by atoms with E-state index in [1.54, 1.807) is 0 Å². The molecule has 0 saturated carbocycles. The maximum atomic E-state index is 12.1. The van der Waals surface area contributed by atoms with E-state index in [0.717, 1.165) is 43.9 Å². The van der Waals surface area contributed by atoms with E-state index in [2.05, 4.69) is 38.8 Å². The zero-order valence-corrected chi connectivity index (χ0v) is 12.1. The Morgan fingerprint density at radius 2 is 2.29 bits per heavy atom. The van der Waals surface area contributed by atoms with Crippen molar-refractivity contribution in [3.8, 4) is 0 Å². The number of hydrogen-bond acceptors (Lipinski definition) is 4. The maximum absolute atomic E-state index is 12.1. The lowest BCUT2D eigenvalue weighted by Gasteiger charge is -2.17. The lowest BCUT2D eigenvalue weighted by atomic mass is 10.0. The third-order valence-electron chi connectivity index (χ3n) is 3.57. The number of aryl methyl sites for hydroxylation is 1. The Morgan fingerprint density at radius 3 is 3.14 bits per heavy atom. The Bertz CT molecular complexity index is 649. The van der Waals surface area contributed by atoms with Crippen molar-refractivity contribution in [2.45, 2.75) is 32.7 Å². The number of anilines is 1. The third kappa shape index (κ3) is 3.11. The van der Waals surface area contributed by atoms with Gasteiger partial charge in [0.05, 0.1) is 0 Å². The molecule has 2 aromatic rings. The van der Waals surface area contributed by atoms with Crippen LogP contribution in [0.5, 0.6) is 0 Å². The number of carbonyl (C=O) groups is 1. The molecule has 1 aromatic heterocycles. The summed E-state index contributed by atoms with van der Waals surface area (Å²) in [6.07, 6.45) is 2.80. The zero-order valence-electron chi connectivity index (χ0n) is 12.1. The molecule has 1 aromatic carbocycles. The summed E-state index contributed by atoms with van der Waals surface area (Å²) in [5.41, 5.74) is 3.36. The van der Waals surface area contributed by atoms with Crippen molar-refractivity contribution in [3.63, 3.8) is 0 Å². The van der Waals surface area contributed by atoms with Gasteiger partial charge in [-0.05, 0) is 42.6 Å². The number of nitrogens with one attached hydrogen (secondary N) is 3. The number of benzene rings is 1. The zero-order chi connectivity index (χ0) is 14.7. The second kappa shape index (κ2) is 6.05. The smallest absolute Gasteiger partial charge is 0.295 e. The minimum absolute atomic E-state index is 0.189. The number of nitrogens with zero attached hydrogens (tertiary/aromatic N) is 2. The van der Waals surface area contributed by atoms with Crippen molar-refractivity contribution in [1.82, 2.24) is 20.5 Å². The summed E-state index contributed by atoms with van der Waals surface area (Å²) in [5, 5.41) is 12.9. The minimum Gasteiger partial charge on any atom is -0.319 e. The molecule has 21 heavy (non-hydrogen) atoms. The van der Waals surface area contributed by atoms with Crippen molar-refractivity contribution >= 4 is 11.6 Å². The summed E-state index contributed by atoms with van der Waals surface area (Å²) in [7, 11) is 0. The van der Waals surface area contributed by atoms with Gasteiger partial charge in [0.25, 0.3) is 5.91 Å². The molecule has 0 saturated heterocycles. The van der Waals surface area contributed by atoms with E-state index < -0.39 is 0 Å². The first-order valence-electron chi connectivity index (χ1n) is 7.31. The summed E-state index contributed by atoms with van der Waals surface area (Å²) in [6.45, 7) is 3.92. The van der Waals surface area contributed by atoms with Crippen molar-refractivity contribution in [1.29, 1.82) is 0 Å². The van der Waals surface area contributed by atoms with E-state index in [1.165, 1.54) is 11.1 Å². The summed E-state index contributed by atoms with van der Waals surface area (Å²) in [6, 6.07) is 6.02. The Balaban J connectivity index is 1.71. The number of H-pyrrole nitrogens is 1. The van der Waals surface area contributed by atoms with Gasteiger partial charge in [0, 0.05) is 18.7 Å². The number of aromatic amines is 1. The van der Waals surface area contributed by atoms with Crippen molar-refractivity contribution in [2.24, 2.45) is 0 Å². The van der Waals surface area contributed by atoms with Crippen LogP contribution in [-0.4, -0.2) is 27.6 Å². The molecule has 0 fully saturated rings. The van der Waals surface area contributed by atoms with Crippen molar-refractivity contribution in [3.05, 3.63) is 41.0 Å². The summed E-state index contributed by atoms with van der Waals surface area (Å²) < 4.78 is 0. The van der Waals surface area contributed by atoms with Crippen LogP contribution in [-0.2, 0) is 19.4 Å². The van der Waals surface area contributed by atoms with E-state index in [1.807, 2.05) is 12.1 Å². The molecule has 6 heteroatoms. The van der Waals surface area contributed by atoms with E-state index >= 15 is 0 Å². The SMILES string of the molecule is CCCc1nc(C(=O)Nc2ccc3c(c2)CNCC3)n[nH]1. The van der Waals surface area contributed by atoms with Crippen LogP contribution < -0.4 is 10.6 Å². The Kier molecular flexibility index (Phi) is 3.96. The standard InChI is InChI=1S/C15H19N5O/c1-2-3-13-18-14(20-19-13)15(21)17-12-5-4-10-6-7-16-9-11(10)8-12/h4-5,8,16H,2-3,6-7,9H2,1H3,(H,17,21)(H,18,19,20). The van der Waals surface area contributed by atoms with Crippen LogP contribution >= 0.6 is 0 Å². The van der Waals surface area contributed by atoms with Crippen LogP contribution in [0.3, 0.4) is 0 Å². The number of carbonyl (C=O) groups excluding carboxylic acids is 1. The highest BCUT2D eigenvalue weighted by atomic mass is 16.2. The van der Waals surface area contributed by atoms with Crippen LogP contribution in [0.4, 0.5) is 5.69 Å². The van der Waals surface area contributed by atoms with Crippen LogP contribution in [0.1, 0.15) is 40.9 Å². The van der Waals surface area contributed by atoms with Gasteiger partial charge in [-0.2, -0.15) is 0 Å². The van der Waals surface area contributed by atoms with Gasteiger partial charge >= 0.3 is 0 Å². The molecular weight excluding hydrogens is 266 g/mol. The van der Waals surface area contributed by atoms with Gasteiger partial charge in [0.15, 0.2) is 0 Å².